The molecule has 4 rings (SSSR count). The van der Waals surface area contributed by atoms with Crippen molar-refractivity contribution in [3.05, 3.63) is 69.9 Å². The molecule has 0 bridgehead atoms. The molecule has 7 heteroatoms. The third kappa shape index (κ3) is 2.63. The standard InChI is InChI=1S/C19H15N3O4/c23-18(15-10-20-16-4-2-1-3-14(15)16)11-21-17-7-6-13(22(25)26)9-12(17)5-8-19(21)24/h1-4,6-7,9-10,20H,5,8,11H2. The first-order valence-corrected chi connectivity index (χ1v) is 8.21. The number of aryl methyl sites for hydroxylation is 1. The quantitative estimate of drug-likeness (QED) is 0.444. The number of Topliss-reactive ketones (excluding diaryl/α,β-unsaturated/α-hetero) is 1. The van der Waals surface area contributed by atoms with Crippen LogP contribution in [0.4, 0.5) is 11.4 Å². The Morgan fingerprint density at radius 2 is 2.00 bits per heavy atom. The van der Waals surface area contributed by atoms with Gasteiger partial charge in [0.25, 0.3) is 5.69 Å². The van der Waals surface area contributed by atoms with Crippen molar-refractivity contribution >= 4 is 34.0 Å². The molecule has 2 aromatic carbocycles. The topological polar surface area (TPSA) is 96.3 Å². The highest BCUT2D eigenvalue weighted by molar-refractivity contribution is 6.12. The number of carbonyl (C=O) groups is 2. The molecule has 3 aromatic rings. The molecule has 1 N–H and O–H groups in total. The van der Waals surface area contributed by atoms with Crippen LogP contribution in [-0.2, 0) is 11.2 Å². The van der Waals surface area contributed by atoms with Gasteiger partial charge in [-0.05, 0) is 24.1 Å². The molecule has 0 saturated heterocycles. The smallest absolute Gasteiger partial charge is 0.269 e. The molecule has 0 aliphatic carbocycles. The molecule has 130 valence electrons. The fraction of sp³-hybridized carbons (Fsp3) is 0.158. The summed E-state index contributed by atoms with van der Waals surface area (Å²) in [7, 11) is 0. The van der Waals surface area contributed by atoms with Gasteiger partial charge in [-0.1, -0.05) is 18.2 Å². The number of carbonyl (C=O) groups excluding carboxylic acids is 2. The van der Waals surface area contributed by atoms with Crippen molar-refractivity contribution in [1.29, 1.82) is 0 Å². The van der Waals surface area contributed by atoms with E-state index in [1.807, 2.05) is 24.3 Å². The second kappa shape index (κ2) is 6.11. The Morgan fingerprint density at radius 3 is 2.81 bits per heavy atom. The SMILES string of the molecule is O=C(CN1C(=O)CCc2cc([N+](=O)[O-])ccc21)c1c[nH]c2ccccc12. The Bertz CT molecular complexity index is 1050. The van der Waals surface area contributed by atoms with Gasteiger partial charge in [-0.3, -0.25) is 19.7 Å². The van der Waals surface area contributed by atoms with E-state index in [2.05, 4.69) is 4.98 Å². The van der Waals surface area contributed by atoms with Crippen molar-refractivity contribution in [2.45, 2.75) is 12.8 Å². The average molecular weight is 349 g/mol. The van der Waals surface area contributed by atoms with Crippen molar-refractivity contribution in [3.63, 3.8) is 0 Å². The maximum absolute atomic E-state index is 12.8. The fourth-order valence-electron chi connectivity index (χ4n) is 3.36. The molecule has 0 radical (unpaired) electrons. The largest absolute Gasteiger partial charge is 0.360 e. The molecule has 7 nitrogen and oxygen atoms in total. The fourth-order valence-corrected chi connectivity index (χ4v) is 3.36. The van der Waals surface area contributed by atoms with Crippen LogP contribution in [0.5, 0.6) is 0 Å². The summed E-state index contributed by atoms with van der Waals surface area (Å²) in [5.74, 6) is -0.332. The molecule has 0 saturated carbocycles. The number of rotatable bonds is 4. The van der Waals surface area contributed by atoms with E-state index in [-0.39, 0.29) is 30.3 Å². The minimum absolute atomic E-state index is 0.0130. The lowest BCUT2D eigenvalue weighted by Crippen LogP contribution is -2.39. The van der Waals surface area contributed by atoms with Gasteiger partial charge < -0.3 is 9.88 Å². The summed E-state index contributed by atoms with van der Waals surface area (Å²) in [4.78, 5) is 40.2. The summed E-state index contributed by atoms with van der Waals surface area (Å²) in [6.45, 7) is -0.0918. The molecule has 1 amide bonds. The second-order valence-corrected chi connectivity index (χ2v) is 6.22. The van der Waals surface area contributed by atoms with Crippen LogP contribution in [0.25, 0.3) is 10.9 Å². The van der Waals surface area contributed by atoms with Gasteiger partial charge in [0.1, 0.15) is 0 Å². The number of nitrogens with one attached hydrogen (secondary N) is 1. The van der Waals surface area contributed by atoms with Gasteiger partial charge in [0.15, 0.2) is 5.78 Å². The van der Waals surface area contributed by atoms with Gasteiger partial charge >= 0.3 is 0 Å². The lowest BCUT2D eigenvalue weighted by Gasteiger charge is -2.28. The van der Waals surface area contributed by atoms with Crippen LogP contribution in [0.1, 0.15) is 22.3 Å². The lowest BCUT2D eigenvalue weighted by atomic mass is 9.99. The Labute approximate surface area is 148 Å². The number of nitro benzene ring substituents is 1. The van der Waals surface area contributed by atoms with E-state index in [0.29, 0.717) is 23.2 Å². The highest BCUT2D eigenvalue weighted by Crippen LogP contribution is 2.31. The van der Waals surface area contributed by atoms with E-state index < -0.39 is 4.92 Å². The van der Waals surface area contributed by atoms with Crippen molar-refractivity contribution in [2.24, 2.45) is 0 Å². The molecular formula is C19H15N3O4. The first-order chi connectivity index (χ1) is 12.5. The van der Waals surface area contributed by atoms with E-state index >= 15 is 0 Å². The van der Waals surface area contributed by atoms with E-state index in [4.69, 9.17) is 0 Å². The molecular weight excluding hydrogens is 334 g/mol. The van der Waals surface area contributed by atoms with Gasteiger partial charge in [0.2, 0.25) is 5.91 Å². The highest BCUT2D eigenvalue weighted by Gasteiger charge is 2.28. The first-order valence-electron chi connectivity index (χ1n) is 8.21. The van der Waals surface area contributed by atoms with E-state index in [0.717, 1.165) is 10.9 Å². The second-order valence-electron chi connectivity index (χ2n) is 6.22. The van der Waals surface area contributed by atoms with E-state index in [9.17, 15) is 19.7 Å². The number of amides is 1. The number of H-pyrrole nitrogens is 1. The molecule has 0 spiro atoms. The summed E-state index contributed by atoms with van der Waals surface area (Å²) in [5, 5.41) is 11.8. The number of benzene rings is 2. The molecule has 26 heavy (non-hydrogen) atoms. The summed E-state index contributed by atoms with van der Waals surface area (Å²) in [5.41, 5.74) is 2.66. The third-order valence-corrected chi connectivity index (χ3v) is 4.67. The number of hydrogen-bond donors (Lipinski definition) is 1. The average Bonchev–Trinajstić information content (AvgIpc) is 3.07. The van der Waals surface area contributed by atoms with Crippen LogP contribution in [0.3, 0.4) is 0 Å². The number of aromatic amines is 1. The number of ketones is 1. The number of nitro groups is 1. The Balaban J connectivity index is 1.67. The van der Waals surface area contributed by atoms with Gasteiger partial charge in [-0.15, -0.1) is 0 Å². The van der Waals surface area contributed by atoms with Gasteiger partial charge in [0.05, 0.1) is 11.5 Å². The van der Waals surface area contributed by atoms with Crippen molar-refractivity contribution in [2.75, 3.05) is 11.4 Å². The van der Waals surface area contributed by atoms with Gasteiger partial charge in [-0.2, -0.15) is 0 Å². The number of non-ortho nitro benzene ring substituents is 1. The Hall–Kier alpha value is -3.48. The minimum atomic E-state index is -0.460. The molecule has 0 fully saturated rings. The van der Waals surface area contributed by atoms with Crippen LogP contribution >= 0.6 is 0 Å². The van der Waals surface area contributed by atoms with Crippen LogP contribution in [0, 0.1) is 10.1 Å². The van der Waals surface area contributed by atoms with Crippen molar-refractivity contribution in [1.82, 2.24) is 4.98 Å². The van der Waals surface area contributed by atoms with Gasteiger partial charge in [0, 0.05) is 46.9 Å². The summed E-state index contributed by atoms with van der Waals surface area (Å²) >= 11 is 0. The maximum Gasteiger partial charge on any atom is 0.269 e. The predicted octanol–water partition coefficient (Wildman–Crippen LogP) is 3.24. The lowest BCUT2D eigenvalue weighted by molar-refractivity contribution is -0.384. The Kier molecular flexibility index (Phi) is 3.76. The zero-order chi connectivity index (χ0) is 18.3. The molecule has 1 aliphatic rings. The van der Waals surface area contributed by atoms with Crippen LogP contribution in [-0.4, -0.2) is 28.1 Å². The number of anilines is 1. The Morgan fingerprint density at radius 1 is 1.19 bits per heavy atom. The van der Waals surface area contributed by atoms with E-state index in [1.54, 1.807) is 12.3 Å². The van der Waals surface area contributed by atoms with Crippen LogP contribution in [0.15, 0.2) is 48.7 Å². The molecule has 0 atom stereocenters. The zero-order valence-electron chi connectivity index (χ0n) is 13.8. The first kappa shape index (κ1) is 16.0. The van der Waals surface area contributed by atoms with Crippen LogP contribution in [0.2, 0.25) is 0 Å². The third-order valence-electron chi connectivity index (χ3n) is 4.67. The molecule has 1 aliphatic heterocycles. The number of aromatic nitrogens is 1. The van der Waals surface area contributed by atoms with Crippen LogP contribution < -0.4 is 4.90 Å². The summed E-state index contributed by atoms with van der Waals surface area (Å²) in [6.07, 6.45) is 2.32. The number of nitrogens with zero attached hydrogens (tertiary/aromatic N) is 2. The number of hydrogen-bond acceptors (Lipinski definition) is 4. The summed E-state index contributed by atoms with van der Waals surface area (Å²) in [6, 6.07) is 11.9. The highest BCUT2D eigenvalue weighted by atomic mass is 16.6. The normalized spacial score (nSPS) is 13.7. The molecule has 2 heterocycles. The molecule has 1 aromatic heterocycles. The zero-order valence-corrected chi connectivity index (χ0v) is 13.8. The number of fused-ring (bicyclic) bond motifs is 2. The predicted molar refractivity (Wildman–Crippen MR) is 96.4 cm³/mol. The van der Waals surface area contributed by atoms with Crippen molar-refractivity contribution < 1.29 is 14.5 Å². The monoisotopic (exact) mass is 349 g/mol. The van der Waals surface area contributed by atoms with Crippen molar-refractivity contribution in [3.8, 4) is 0 Å². The minimum Gasteiger partial charge on any atom is -0.360 e. The van der Waals surface area contributed by atoms with E-state index in [1.165, 1.54) is 17.0 Å². The maximum atomic E-state index is 12.8. The molecule has 0 unspecified atom stereocenters. The summed E-state index contributed by atoms with van der Waals surface area (Å²) < 4.78 is 0. The van der Waals surface area contributed by atoms with Gasteiger partial charge in [-0.25, -0.2) is 0 Å². The number of para-hydroxylation sites is 1.